The van der Waals surface area contributed by atoms with Crippen LogP contribution in [0.5, 0.6) is 0 Å². The van der Waals surface area contributed by atoms with E-state index in [0.29, 0.717) is 0 Å². The molecule has 2 heteroatoms. The summed E-state index contributed by atoms with van der Waals surface area (Å²) in [5, 5.41) is 3.59. The van der Waals surface area contributed by atoms with Crippen LogP contribution in [0.1, 0.15) is 44.2 Å². The van der Waals surface area contributed by atoms with Crippen molar-refractivity contribution in [1.82, 2.24) is 10.2 Å². The molecule has 2 aliphatic rings. The van der Waals surface area contributed by atoms with Crippen LogP contribution in [0, 0.1) is 11.8 Å². The molecule has 1 saturated heterocycles. The molecular formula is C19H30N2. The van der Waals surface area contributed by atoms with Gasteiger partial charge in [0.05, 0.1) is 0 Å². The van der Waals surface area contributed by atoms with Crippen LogP contribution in [-0.2, 0) is 13.0 Å². The summed E-state index contributed by atoms with van der Waals surface area (Å²) >= 11 is 0. The van der Waals surface area contributed by atoms with E-state index in [1.165, 1.54) is 43.5 Å². The van der Waals surface area contributed by atoms with Gasteiger partial charge in [0.2, 0.25) is 0 Å². The molecular weight excluding hydrogens is 256 g/mol. The number of hydrogen-bond donors (Lipinski definition) is 1. The maximum Gasteiger partial charge on any atom is 0.0233 e. The SMILES string of the molecule is CC1CCN(Cc2ccc(CCNC3CC3)cc2)CC1C. The minimum atomic E-state index is 0.827. The Morgan fingerprint density at radius 3 is 2.38 bits per heavy atom. The first-order valence-electron chi connectivity index (χ1n) is 8.74. The van der Waals surface area contributed by atoms with Gasteiger partial charge >= 0.3 is 0 Å². The summed E-state index contributed by atoms with van der Waals surface area (Å²) in [4.78, 5) is 2.62. The van der Waals surface area contributed by atoms with E-state index in [9.17, 15) is 0 Å². The number of likely N-dealkylation sites (tertiary alicyclic amines) is 1. The minimum Gasteiger partial charge on any atom is -0.314 e. The first kappa shape index (κ1) is 15.1. The van der Waals surface area contributed by atoms with E-state index in [0.717, 1.165) is 37.4 Å². The fourth-order valence-electron chi connectivity index (χ4n) is 3.27. The Balaban J connectivity index is 1.45. The maximum atomic E-state index is 3.59. The van der Waals surface area contributed by atoms with Gasteiger partial charge in [0.25, 0.3) is 0 Å². The zero-order valence-electron chi connectivity index (χ0n) is 13.6. The molecule has 1 saturated carbocycles. The molecule has 0 radical (unpaired) electrons. The molecule has 2 atom stereocenters. The normalized spacial score (nSPS) is 27.0. The van der Waals surface area contributed by atoms with Crippen molar-refractivity contribution in [2.45, 2.75) is 52.1 Å². The second kappa shape index (κ2) is 6.93. The van der Waals surface area contributed by atoms with Crippen LogP contribution in [0.4, 0.5) is 0 Å². The minimum absolute atomic E-state index is 0.827. The van der Waals surface area contributed by atoms with E-state index >= 15 is 0 Å². The summed E-state index contributed by atoms with van der Waals surface area (Å²) in [6.07, 6.45) is 5.28. The molecule has 21 heavy (non-hydrogen) atoms. The van der Waals surface area contributed by atoms with E-state index in [1.807, 2.05) is 0 Å². The number of hydrogen-bond acceptors (Lipinski definition) is 2. The Morgan fingerprint density at radius 2 is 1.71 bits per heavy atom. The van der Waals surface area contributed by atoms with Gasteiger partial charge < -0.3 is 5.32 Å². The Bertz CT molecular complexity index is 435. The predicted molar refractivity (Wildman–Crippen MR) is 89.4 cm³/mol. The lowest BCUT2D eigenvalue weighted by Crippen LogP contribution is -2.37. The summed E-state index contributed by atoms with van der Waals surface area (Å²) in [5.41, 5.74) is 2.93. The van der Waals surface area contributed by atoms with Crippen LogP contribution in [0.15, 0.2) is 24.3 Å². The highest BCUT2D eigenvalue weighted by Gasteiger charge is 2.22. The van der Waals surface area contributed by atoms with Crippen LogP contribution >= 0.6 is 0 Å². The topological polar surface area (TPSA) is 15.3 Å². The van der Waals surface area contributed by atoms with Gasteiger partial charge in [-0.1, -0.05) is 38.1 Å². The third-order valence-corrected chi connectivity index (χ3v) is 5.27. The van der Waals surface area contributed by atoms with Crippen LogP contribution in [0.2, 0.25) is 0 Å². The lowest BCUT2D eigenvalue weighted by atomic mass is 9.88. The van der Waals surface area contributed by atoms with Gasteiger partial charge in [-0.15, -0.1) is 0 Å². The van der Waals surface area contributed by atoms with E-state index in [-0.39, 0.29) is 0 Å². The lowest BCUT2D eigenvalue weighted by molar-refractivity contribution is 0.132. The van der Waals surface area contributed by atoms with Crippen molar-refractivity contribution in [3.05, 3.63) is 35.4 Å². The van der Waals surface area contributed by atoms with Gasteiger partial charge in [0, 0.05) is 19.1 Å². The van der Waals surface area contributed by atoms with Crippen molar-refractivity contribution in [3.63, 3.8) is 0 Å². The Kier molecular flexibility index (Phi) is 4.97. The third kappa shape index (κ3) is 4.55. The standard InChI is InChI=1S/C19H30N2/c1-15-10-12-21(13-16(15)2)14-18-5-3-17(4-6-18)9-11-20-19-7-8-19/h3-6,15-16,19-20H,7-14H2,1-2H3. The summed E-state index contributed by atoms with van der Waals surface area (Å²) in [7, 11) is 0. The Hall–Kier alpha value is -0.860. The Labute approximate surface area is 129 Å². The van der Waals surface area contributed by atoms with Gasteiger partial charge in [-0.3, -0.25) is 4.90 Å². The highest BCUT2D eigenvalue weighted by molar-refractivity contribution is 5.23. The van der Waals surface area contributed by atoms with Crippen LogP contribution < -0.4 is 5.32 Å². The molecule has 1 N–H and O–H groups in total. The summed E-state index contributed by atoms with van der Waals surface area (Å²) in [6.45, 7) is 9.56. The second-order valence-electron chi connectivity index (χ2n) is 7.27. The van der Waals surface area contributed by atoms with E-state index < -0.39 is 0 Å². The summed E-state index contributed by atoms with van der Waals surface area (Å²) in [5.74, 6) is 1.73. The molecule has 116 valence electrons. The van der Waals surface area contributed by atoms with E-state index in [4.69, 9.17) is 0 Å². The molecule has 1 aromatic rings. The average molecular weight is 286 g/mol. The van der Waals surface area contributed by atoms with Crippen molar-refractivity contribution in [3.8, 4) is 0 Å². The summed E-state index contributed by atoms with van der Waals surface area (Å²) in [6, 6.07) is 10.1. The number of benzene rings is 1. The molecule has 2 unspecified atom stereocenters. The zero-order chi connectivity index (χ0) is 14.7. The summed E-state index contributed by atoms with van der Waals surface area (Å²) < 4.78 is 0. The first-order chi connectivity index (χ1) is 10.2. The molecule has 2 nitrogen and oxygen atoms in total. The zero-order valence-corrected chi connectivity index (χ0v) is 13.6. The first-order valence-corrected chi connectivity index (χ1v) is 8.74. The highest BCUT2D eigenvalue weighted by atomic mass is 15.1. The molecule has 1 aliphatic carbocycles. The molecule has 0 aromatic heterocycles. The second-order valence-corrected chi connectivity index (χ2v) is 7.27. The van der Waals surface area contributed by atoms with Crippen molar-refractivity contribution < 1.29 is 0 Å². The van der Waals surface area contributed by atoms with E-state index in [1.54, 1.807) is 0 Å². The molecule has 2 fully saturated rings. The van der Waals surface area contributed by atoms with Crippen LogP contribution in [0.3, 0.4) is 0 Å². The fraction of sp³-hybridized carbons (Fsp3) is 0.684. The van der Waals surface area contributed by atoms with Crippen molar-refractivity contribution in [2.75, 3.05) is 19.6 Å². The number of nitrogens with zero attached hydrogens (tertiary/aromatic N) is 1. The predicted octanol–water partition coefficient (Wildman–Crippen LogP) is 3.46. The molecule has 1 aromatic carbocycles. The molecule has 1 heterocycles. The average Bonchev–Trinajstić information content (AvgIpc) is 3.29. The Morgan fingerprint density at radius 1 is 1.00 bits per heavy atom. The smallest absolute Gasteiger partial charge is 0.0233 e. The molecule has 0 bridgehead atoms. The van der Waals surface area contributed by atoms with Crippen LogP contribution in [-0.4, -0.2) is 30.6 Å². The number of piperidine rings is 1. The maximum absolute atomic E-state index is 3.59. The lowest BCUT2D eigenvalue weighted by Gasteiger charge is -2.35. The van der Waals surface area contributed by atoms with Gasteiger partial charge in [-0.25, -0.2) is 0 Å². The fourth-order valence-corrected chi connectivity index (χ4v) is 3.27. The van der Waals surface area contributed by atoms with Crippen molar-refractivity contribution in [1.29, 1.82) is 0 Å². The van der Waals surface area contributed by atoms with Crippen molar-refractivity contribution >= 4 is 0 Å². The third-order valence-electron chi connectivity index (χ3n) is 5.27. The molecule has 0 spiro atoms. The molecule has 1 aliphatic heterocycles. The molecule has 3 rings (SSSR count). The number of nitrogens with one attached hydrogen (secondary N) is 1. The van der Waals surface area contributed by atoms with Gasteiger partial charge in [-0.2, -0.15) is 0 Å². The van der Waals surface area contributed by atoms with Gasteiger partial charge in [-0.05, 0) is 61.7 Å². The largest absolute Gasteiger partial charge is 0.314 e. The van der Waals surface area contributed by atoms with Crippen molar-refractivity contribution in [2.24, 2.45) is 11.8 Å². The van der Waals surface area contributed by atoms with Gasteiger partial charge in [0.1, 0.15) is 0 Å². The number of rotatable bonds is 6. The monoisotopic (exact) mass is 286 g/mol. The molecule has 0 amide bonds. The highest BCUT2D eigenvalue weighted by Crippen LogP contribution is 2.23. The quantitative estimate of drug-likeness (QED) is 0.861. The van der Waals surface area contributed by atoms with Crippen LogP contribution in [0.25, 0.3) is 0 Å². The van der Waals surface area contributed by atoms with E-state index in [2.05, 4.69) is 48.3 Å². The van der Waals surface area contributed by atoms with Gasteiger partial charge in [0.15, 0.2) is 0 Å².